The van der Waals surface area contributed by atoms with Crippen LogP contribution in [0.2, 0.25) is 0 Å². The first-order valence-electron chi connectivity index (χ1n) is 8.67. The zero-order chi connectivity index (χ0) is 18.7. The Labute approximate surface area is 154 Å². The van der Waals surface area contributed by atoms with Crippen molar-refractivity contribution in [1.82, 2.24) is 19.8 Å². The Bertz CT molecular complexity index is 820. The minimum absolute atomic E-state index is 0.616. The second-order valence-corrected chi connectivity index (χ2v) is 6.74. The summed E-state index contributed by atoms with van der Waals surface area (Å²) in [6.45, 7) is 8.17. The molecule has 0 bridgehead atoms. The second-order valence-electron chi connectivity index (χ2n) is 6.74. The van der Waals surface area contributed by atoms with Crippen LogP contribution < -0.4 is 16.9 Å². The number of benzene rings is 1. The molecule has 2 aromatic rings. The van der Waals surface area contributed by atoms with E-state index in [-0.39, 0.29) is 0 Å². The molecule has 0 radical (unpaired) electrons. The van der Waals surface area contributed by atoms with Gasteiger partial charge in [-0.2, -0.15) is 0 Å². The van der Waals surface area contributed by atoms with Crippen LogP contribution in [0.5, 0.6) is 0 Å². The largest absolute Gasteiger partial charge is 0.397 e. The summed E-state index contributed by atoms with van der Waals surface area (Å²) in [4.78, 5) is 9.06. The van der Waals surface area contributed by atoms with E-state index in [9.17, 15) is 0 Å². The van der Waals surface area contributed by atoms with Gasteiger partial charge in [-0.15, -0.1) is 0 Å². The van der Waals surface area contributed by atoms with E-state index >= 15 is 0 Å². The average Bonchev–Trinajstić information content (AvgIpc) is 2.61. The zero-order valence-corrected chi connectivity index (χ0v) is 15.4. The van der Waals surface area contributed by atoms with E-state index in [1.807, 2.05) is 30.5 Å². The summed E-state index contributed by atoms with van der Waals surface area (Å²) >= 11 is 0. The van der Waals surface area contributed by atoms with E-state index in [1.54, 1.807) is 13.2 Å². The van der Waals surface area contributed by atoms with Gasteiger partial charge in [0.1, 0.15) is 5.82 Å². The molecule has 7 heteroatoms. The summed E-state index contributed by atoms with van der Waals surface area (Å²) < 4.78 is 0. The molecule has 0 aliphatic carbocycles. The number of anilines is 1. The van der Waals surface area contributed by atoms with Gasteiger partial charge in [0.2, 0.25) is 0 Å². The summed E-state index contributed by atoms with van der Waals surface area (Å²) in [5.74, 6) is 7.30. The van der Waals surface area contributed by atoms with Gasteiger partial charge in [-0.1, -0.05) is 18.7 Å². The summed E-state index contributed by atoms with van der Waals surface area (Å²) in [6.07, 6.45) is 3.55. The number of nitrogens with zero attached hydrogens (tertiary/aromatic N) is 4. The molecule has 138 valence electrons. The predicted octanol–water partition coefficient (Wildman–Crippen LogP) is 1.43. The lowest BCUT2D eigenvalue weighted by atomic mass is 10.1. The Balaban J connectivity index is 1.78. The molecule has 0 unspecified atom stereocenters. The third kappa shape index (κ3) is 4.25. The summed E-state index contributed by atoms with van der Waals surface area (Å²) in [6, 6.07) is 8.03. The van der Waals surface area contributed by atoms with E-state index in [1.165, 1.54) is 5.01 Å². The van der Waals surface area contributed by atoms with Crippen molar-refractivity contribution in [3.05, 3.63) is 54.6 Å². The molecule has 0 spiro atoms. The van der Waals surface area contributed by atoms with Crippen LogP contribution in [0.3, 0.4) is 0 Å². The Hall–Kier alpha value is -2.77. The zero-order valence-electron chi connectivity index (χ0n) is 15.4. The smallest absolute Gasteiger partial charge is 0.131 e. The lowest BCUT2D eigenvalue weighted by molar-refractivity contribution is 0.188. The first-order chi connectivity index (χ1) is 12.4. The van der Waals surface area contributed by atoms with Crippen molar-refractivity contribution in [2.45, 2.75) is 0 Å². The molecule has 1 aliphatic heterocycles. The number of aromatic nitrogens is 1. The summed E-state index contributed by atoms with van der Waals surface area (Å²) in [5.41, 5.74) is 7.63. The highest BCUT2D eigenvalue weighted by molar-refractivity contribution is 5.87. The van der Waals surface area contributed by atoms with Gasteiger partial charge in [-0.25, -0.2) is 10.8 Å². The normalized spacial score (nSPS) is 16.0. The molecule has 5 N–H and O–H groups in total. The lowest BCUT2D eigenvalue weighted by Crippen LogP contribution is -2.44. The Morgan fingerprint density at radius 2 is 1.96 bits per heavy atom. The van der Waals surface area contributed by atoms with Gasteiger partial charge in [-0.05, 0) is 30.1 Å². The van der Waals surface area contributed by atoms with Crippen LogP contribution in [0.1, 0.15) is 5.56 Å². The van der Waals surface area contributed by atoms with Gasteiger partial charge < -0.3 is 25.9 Å². The topological polar surface area (TPSA) is 86.7 Å². The number of rotatable bonds is 5. The SMILES string of the molecule is C=C(Nc1cc2cc(/C(N)=C/N(C)N)ccc2cn1)N1CCN(C)CC1. The molecule has 2 heterocycles. The summed E-state index contributed by atoms with van der Waals surface area (Å²) in [7, 11) is 3.88. The van der Waals surface area contributed by atoms with Crippen molar-refractivity contribution in [3.63, 3.8) is 0 Å². The minimum Gasteiger partial charge on any atom is -0.397 e. The number of likely N-dealkylation sites (N-methyl/N-ethyl adjacent to an activating group) is 1. The number of hydrazine groups is 1. The molecule has 26 heavy (non-hydrogen) atoms. The maximum Gasteiger partial charge on any atom is 0.131 e. The number of nitrogens with two attached hydrogens (primary N) is 2. The number of hydrogen-bond donors (Lipinski definition) is 3. The van der Waals surface area contributed by atoms with Crippen LogP contribution in [0.4, 0.5) is 5.82 Å². The molecule has 1 saturated heterocycles. The monoisotopic (exact) mass is 353 g/mol. The maximum atomic E-state index is 6.10. The molecule has 1 aromatic carbocycles. The Morgan fingerprint density at radius 3 is 2.65 bits per heavy atom. The first-order valence-corrected chi connectivity index (χ1v) is 8.67. The van der Waals surface area contributed by atoms with Gasteiger partial charge in [0.05, 0.1) is 11.5 Å². The van der Waals surface area contributed by atoms with Crippen molar-refractivity contribution in [2.24, 2.45) is 11.6 Å². The number of hydrogen-bond acceptors (Lipinski definition) is 7. The third-order valence-electron chi connectivity index (χ3n) is 4.56. The predicted molar refractivity (Wildman–Crippen MR) is 108 cm³/mol. The van der Waals surface area contributed by atoms with Gasteiger partial charge in [-0.3, -0.25) is 0 Å². The second kappa shape index (κ2) is 7.63. The van der Waals surface area contributed by atoms with E-state index < -0.39 is 0 Å². The quantitative estimate of drug-likeness (QED) is 0.554. The molecule has 3 rings (SSSR count). The fourth-order valence-corrected chi connectivity index (χ4v) is 2.99. The average molecular weight is 353 g/mol. The Morgan fingerprint density at radius 1 is 1.23 bits per heavy atom. The van der Waals surface area contributed by atoms with Gasteiger partial charge in [0.25, 0.3) is 0 Å². The molecule has 1 aromatic heterocycles. The highest BCUT2D eigenvalue weighted by Gasteiger charge is 2.15. The van der Waals surface area contributed by atoms with E-state index in [2.05, 4.69) is 33.7 Å². The highest BCUT2D eigenvalue weighted by Crippen LogP contribution is 2.22. The molecule has 1 aliphatic rings. The fraction of sp³-hybridized carbons (Fsp3) is 0.316. The van der Waals surface area contributed by atoms with Crippen LogP contribution in [0.15, 0.2) is 49.1 Å². The first kappa shape index (κ1) is 18.0. The number of piperazine rings is 1. The van der Waals surface area contributed by atoms with E-state index in [0.717, 1.165) is 54.2 Å². The van der Waals surface area contributed by atoms with Crippen molar-refractivity contribution in [3.8, 4) is 0 Å². The van der Waals surface area contributed by atoms with Crippen molar-refractivity contribution >= 4 is 22.3 Å². The molecule has 7 nitrogen and oxygen atoms in total. The van der Waals surface area contributed by atoms with Gasteiger partial charge >= 0.3 is 0 Å². The molecule has 0 amide bonds. The number of nitrogens with one attached hydrogen (secondary N) is 1. The van der Waals surface area contributed by atoms with Crippen molar-refractivity contribution in [1.29, 1.82) is 0 Å². The van der Waals surface area contributed by atoms with E-state index in [4.69, 9.17) is 11.6 Å². The van der Waals surface area contributed by atoms with Crippen LogP contribution >= 0.6 is 0 Å². The number of fused-ring (bicyclic) bond motifs is 1. The maximum absolute atomic E-state index is 6.10. The van der Waals surface area contributed by atoms with Crippen molar-refractivity contribution in [2.75, 3.05) is 45.6 Å². The van der Waals surface area contributed by atoms with Crippen molar-refractivity contribution < 1.29 is 0 Å². The standard InChI is InChI=1S/C19H27N7/c1-14(26-8-6-24(2)7-9-26)23-19-11-17-10-15(18(20)13-25(3)21)4-5-16(17)12-22-19/h4-5,10-13H,1,6-9,20-21H2,2-3H3,(H,22,23)/b18-13-. The van der Waals surface area contributed by atoms with Crippen LogP contribution in [0, 0.1) is 0 Å². The minimum atomic E-state index is 0.616. The summed E-state index contributed by atoms with van der Waals surface area (Å²) in [5, 5.41) is 6.88. The molecule has 0 atom stereocenters. The molecule has 0 saturated carbocycles. The Kier molecular flexibility index (Phi) is 5.29. The highest BCUT2D eigenvalue weighted by atomic mass is 15.4. The molecular weight excluding hydrogens is 326 g/mol. The van der Waals surface area contributed by atoms with Gasteiger partial charge in [0, 0.05) is 51.0 Å². The van der Waals surface area contributed by atoms with E-state index in [0.29, 0.717) is 5.70 Å². The van der Waals surface area contributed by atoms with Crippen LogP contribution in [-0.2, 0) is 0 Å². The number of pyridine rings is 1. The molecule has 1 fully saturated rings. The fourth-order valence-electron chi connectivity index (χ4n) is 2.99. The van der Waals surface area contributed by atoms with Crippen LogP contribution in [0.25, 0.3) is 16.5 Å². The molecular formula is C19H27N7. The van der Waals surface area contributed by atoms with Gasteiger partial charge in [0.15, 0.2) is 0 Å². The lowest BCUT2D eigenvalue weighted by Gasteiger charge is -2.35. The third-order valence-corrected chi connectivity index (χ3v) is 4.56. The van der Waals surface area contributed by atoms with Crippen LogP contribution in [-0.4, -0.2) is 60.1 Å².